The second-order valence-corrected chi connectivity index (χ2v) is 5.46. The minimum absolute atomic E-state index is 0.249. The SMILES string of the molecule is CC(C)c1nnc(NCc2ccc(Cl)s2)o1. The number of nitrogens with one attached hydrogen (secondary N) is 1. The van der Waals surface area contributed by atoms with Crippen LogP contribution in [-0.2, 0) is 6.54 Å². The van der Waals surface area contributed by atoms with E-state index in [9.17, 15) is 0 Å². The van der Waals surface area contributed by atoms with E-state index >= 15 is 0 Å². The summed E-state index contributed by atoms with van der Waals surface area (Å²) in [6.45, 7) is 4.67. The zero-order chi connectivity index (χ0) is 11.5. The van der Waals surface area contributed by atoms with Crippen LogP contribution in [0.15, 0.2) is 16.5 Å². The molecule has 0 aliphatic rings. The predicted octanol–water partition coefficient (Wildman–Crippen LogP) is 3.52. The average molecular weight is 258 g/mol. The summed E-state index contributed by atoms with van der Waals surface area (Å²) < 4.78 is 6.19. The molecule has 0 unspecified atom stereocenters. The lowest BCUT2D eigenvalue weighted by Crippen LogP contribution is -1.97. The van der Waals surface area contributed by atoms with Crippen LogP contribution in [0.4, 0.5) is 6.01 Å². The lowest BCUT2D eigenvalue weighted by Gasteiger charge is -1.98. The second-order valence-electron chi connectivity index (χ2n) is 3.66. The van der Waals surface area contributed by atoms with Crippen molar-refractivity contribution >= 4 is 29.0 Å². The van der Waals surface area contributed by atoms with Crippen LogP contribution < -0.4 is 5.32 Å². The predicted molar refractivity (Wildman–Crippen MR) is 65.0 cm³/mol. The standard InChI is InChI=1S/C10H12ClN3OS/c1-6(2)9-13-14-10(15-9)12-5-7-3-4-8(11)16-7/h3-4,6H,5H2,1-2H3,(H,12,14). The molecule has 2 heterocycles. The molecule has 6 heteroatoms. The number of hydrogen-bond donors (Lipinski definition) is 1. The van der Waals surface area contributed by atoms with Crippen LogP contribution in [0.1, 0.15) is 30.5 Å². The lowest BCUT2D eigenvalue weighted by molar-refractivity contribution is 0.480. The molecule has 16 heavy (non-hydrogen) atoms. The molecule has 0 aromatic carbocycles. The highest BCUT2D eigenvalue weighted by Gasteiger charge is 2.09. The highest BCUT2D eigenvalue weighted by Crippen LogP contribution is 2.22. The van der Waals surface area contributed by atoms with E-state index in [2.05, 4.69) is 15.5 Å². The third-order valence-electron chi connectivity index (χ3n) is 1.98. The Bertz CT molecular complexity index is 466. The summed E-state index contributed by atoms with van der Waals surface area (Å²) in [5.74, 6) is 0.894. The van der Waals surface area contributed by atoms with Crippen molar-refractivity contribution in [1.29, 1.82) is 0 Å². The van der Waals surface area contributed by atoms with Gasteiger partial charge in [0.05, 0.1) is 10.9 Å². The van der Waals surface area contributed by atoms with Crippen molar-refractivity contribution in [3.63, 3.8) is 0 Å². The van der Waals surface area contributed by atoms with Crippen LogP contribution in [0.3, 0.4) is 0 Å². The molecule has 0 radical (unpaired) electrons. The Morgan fingerprint density at radius 2 is 2.25 bits per heavy atom. The normalized spacial score (nSPS) is 11.0. The molecule has 0 saturated heterocycles. The molecular weight excluding hydrogens is 246 g/mol. The van der Waals surface area contributed by atoms with Crippen LogP contribution in [0, 0.1) is 0 Å². The zero-order valence-electron chi connectivity index (χ0n) is 9.03. The van der Waals surface area contributed by atoms with Crippen LogP contribution in [-0.4, -0.2) is 10.2 Å². The van der Waals surface area contributed by atoms with Crippen molar-refractivity contribution in [2.75, 3.05) is 5.32 Å². The summed E-state index contributed by atoms with van der Waals surface area (Å²) >= 11 is 7.36. The van der Waals surface area contributed by atoms with Gasteiger partial charge in [-0.1, -0.05) is 30.5 Å². The fraction of sp³-hybridized carbons (Fsp3) is 0.400. The summed E-state index contributed by atoms with van der Waals surface area (Å²) in [7, 11) is 0. The number of nitrogens with zero attached hydrogens (tertiary/aromatic N) is 2. The van der Waals surface area contributed by atoms with Crippen LogP contribution >= 0.6 is 22.9 Å². The summed E-state index contributed by atoms with van der Waals surface area (Å²) in [5, 5.41) is 10.9. The summed E-state index contributed by atoms with van der Waals surface area (Å²) in [6.07, 6.45) is 0. The third kappa shape index (κ3) is 2.74. The maximum absolute atomic E-state index is 5.83. The lowest BCUT2D eigenvalue weighted by atomic mass is 10.2. The van der Waals surface area contributed by atoms with Crippen molar-refractivity contribution in [3.8, 4) is 0 Å². The van der Waals surface area contributed by atoms with E-state index in [1.807, 2.05) is 26.0 Å². The topological polar surface area (TPSA) is 51.0 Å². The molecule has 2 aromatic rings. The molecule has 1 N–H and O–H groups in total. The minimum atomic E-state index is 0.249. The molecule has 0 atom stereocenters. The van der Waals surface area contributed by atoms with Gasteiger partial charge in [0.2, 0.25) is 5.89 Å². The summed E-state index contributed by atoms with van der Waals surface area (Å²) in [5.41, 5.74) is 0. The van der Waals surface area contributed by atoms with Crippen molar-refractivity contribution in [1.82, 2.24) is 10.2 Å². The first-order chi connectivity index (χ1) is 7.65. The molecule has 86 valence electrons. The molecule has 0 amide bonds. The van der Waals surface area contributed by atoms with E-state index in [0.29, 0.717) is 18.5 Å². The molecule has 0 fully saturated rings. The van der Waals surface area contributed by atoms with Gasteiger partial charge in [-0.2, -0.15) is 0 Å². The van der Waals surface area contributed by atoms with Gasteiger partial charge in [0.1, 0.15) is 0 Å². The molecule has 2 aromatic heterocycles. The molecule has 0 saturated carbocycles. The monoisotopic (exact) mass is 257 g/mol. The number of aromatic nitrogens is 2. The van der Waals surface area contributed by atoms with Gasteiger partial charge in [-0.05, 0) is 12.1 Å². The number of halogens is 1. The van der Waals surface area contributed by atoms with Gasteiger partial charge < -0.3 is 9.73 Å². The van der Waals surface area contributed by atoms with Crippen LogP contribution in [0.2, 0.25) is 4.34 Å². The molecule has 0 aliphatic carbocycles. The Morgan fingerprint density at radius 1 is 1.44 bits per heavy atom. The van der Waals surface area contributed by atoms with E-state index in [-0.39, 0.29) is 5.92 Å². The van der Waals surface area contributed by atoms with E-state index in [4.69, 9.17) is 16.0 Å². The van der Waals surface area contributed by atoms with Crippen molar-refractivity contribution in [2.24, 2.45) is 0 Å². The van der Waals surface area contributed by atoms with Crippen LogP contribution in [0.25, 0.3) is 0 Å². The number of anilines is 1. The molecule has 4 nitrogen and oxygen atoms in total. The highest BCUT2D eigenvalue weighted by atomic mass is 35.5. The van der Waals surface area contributed by atoms with Crippen molar-refractivity contribution < 1.29 is 4.42 Å². The van der Waals surface area contributed by atoms with Gasteiger partial charge in [-0.15, -0.1) is 16.4 Å². The summed E-state index contributed by atoms with van der Waals surface area (Å²) in [6, 6.07) is 4.30. The minimum Gasteiger partial charge on any atom is -0.408 e. The average Bonchev–Trinajstić information content (AvgIpc) is 2.83. The van der Waals surface area contributed by atoms with Gasteiger partial charge in [-0.3, -0.25) is 0 Å². The van der Waals surface area contributed by atoms with Gasteiger partial charge >= 0.3 is 6.01 Å². The van der Waals surface area contributed by atoms with E-state index in [1.54, 1.807) is 0 Å². The van der Waals surface area contributed by atoms with Gasteiger partial charge in [-0.25, -0.2) is 0 Å². The fourth-order valence-electron chi connectivity index (χ4n) is 1.15. The first kappa shape index (κ1) is 11.4. The first-order valence-electron chi connectivity index (χ1n) is 4.96. The third-order valence-corrected chi connectivity index (χ3v) is 3.21. The quantitative estimate of drug-likeness (QED) is 0.911. The summed E-state index contributed by atoms with van der Waals surface area (Å²) in [4.78, 5) is 1.13. The van der Waals surface area contributed by atoms with E-state index < -0.39 is 0 Å². The Balaban J connectivity index is 1.94. The van der Waals surface area contributed by atoms with Crippen molar-refractivity contribution in [2.45, 2.75) is 26.3 Å². The largest absolute Gasteiger partial charge is 0.408 e. The molecule has 0 aliphatic heterocycles. The molecule has 2 rings (SSSR count). The van der Waals surface area contributed by atoms with Gasteiger partial charge in [0.15, 0.2) is 0 Å². The highest BCUT2D eigenvalue weighted by molar-refractivity contribution is 7.16. The first-order valence-corrected chi connectivity index (χ1v) is 6.16. The zero-order valence-corrected chi connectivity index (χ0v) is 10.6. The van der Waals surface area contributed by atoms with Gasteiger partial charge in [0, 0.05) is 10.8 Å². The molecule has 0 spiro atoms. The van der Waals surface area contributed by atoms with E-state index in [1.165, 1.54) is 11.3 Å². The maximum Gasteiger partial charge on any atom is 0.315 e. The Labute approximate surface area is 103 Å². The Kier molecular flexibility index (Phi) is 3.46. The molecule has 0 bridgehead atoms. The Morgan fingerprint density at radius 3 is 2.81 bits per heavy atom. The number of rotatable bonds is 4. The fourth-order valence-corrected chi connectivity index (χ4v) is 2.18. The van der Waals surface area contributed by atoms with Crippen molar-refractivity contribution in [3.05, 3.63) is 27.2 Å². The van der Waals surface area contributed by atoms with E-state index in [0.717, 1.165) is 9.21 Å². The maximum atomic E-state index is 5.83. The van der Waals surface area contributed by atoms with Crippen LogP contribution in [0.5, 0.6) is 0 Å². The second kappa shape index (κ2) is 4.84. The number of hydrogen-bond acceptors (Lipinski definition) is 5. The molecular formula is C10H12ClN3OS. The van der Waals surface area contributed by atoms with Gasteiger partial charge in [0.25, 0.3) is 0 Å². The Hall–Kier alpha value is -1.07. The smallest absolute Gasteiger partial charge is 0.315 e. The number of thiophene rings is 1.